The number of phenolic OH excluding ortho intramolecular Hbond substituents is 2. The van der Waals surface area contributed by atoms with E-state index in [2.05, 4.69) is 5.32 Å². The highest BCUT2D eigenvalue weighted by molar-refractivity contribution is 5.48. The summed E-state index contributed by atoms with van der Waals surface area (Å²) in [5, 5.41) is 21.7. The van der Waals surface area contributed by atoms with Gasteiger partial charge in [-0.05, 0) is 35.4 Å². The van der Waals surface area contributed by atoms with E-state index in [1.54, 1.807) is 19.2 Å². The highest BCUT2D eigenvalue weighted by Crippen LogP contribution is 2.33. The van der Waals surface area contributed by atoms with E-state index in [0.29, 0.717) is 5.75 Å². The molecule has 0 saturated heterocycles. The SMILES string of the molecule is COc1cc2c(cc1O)[C@H](Cc1ccc(O)cc1)[NH2+]CC2. The summed E-state index contributed by atoms with van der Waals surface area (Å²) in [5.41, 5.74) is 3.60. The Morgan fingerprint density at radius 1 is 1.19 bits per heavy atom. The van der Waals surface area contributed by atoms with Crippen molar-refractivity contribution in [2.45, 2.75) is 18.9 Å². The van der Waals surface area contributed by atoms with Crippen molar-refractivity contribution < 1.29 is 20.3 Å². The van der Waals surface area contributed by atoms with Gasteiger partial charge in [0.2, 0.25) is 0 Å². The summed E-state index contributed by atoms with van der Waals surface area (Å²) in [4.78, 5) is 0. The summed E-state index contributed by atoms with van der Waals surface area (Å²) in [7, 11) is 1.57. The van der Waals surface area contributed by atoms with E-state index in [-0.39, 0.29) is 17.5 Å². The Hall–Kier alpha value is -2.20. The molecule has 1 aliphatic rings. The molecular weight excluding hydrogens is 266 g/mol. The number of phenols is 2. The molecule has 0 spiro atoms. The first kappa shape index (κ1) is 13.8. The lowest BCUT2D eigenvalue weighted by Gasteiger charge is -2.25. The molecule has 3 rings (SSSR count). The normalized spacial score (nSPS) is 17.3. The van der Waals surface area contributed by atoms with Gasteiger partial charge in [-0.25, -0.2) is 0 Å². The number of quaternary nitrogens is 1. The molecule has 1 aliphatic heterocycles. The van der Waals surface area contributed by atoms with Crippen molar-refractivity contribution in [3.8, 4) is 17.2 Å². The average Bonchev–Trinajstić information content (AvgIpc) is 2.49. The van der Waals surface area contributed by atoms with Crippen LogP contribution in [0.15, 0.2) is 36.4 Å². The van der Waals surface area contributed by atoms with Crippen LogP contribution < -0.4 is 10.1 Å². The van der Waals surface area contributed by atoms with Gasteiger partial charge in [0, 0.05) is 18.4 Å². The number of hydrogen-bond donors (Lipinski definition) is 3. The van der Waals surface area contributed by atoms with Crippen LogP contribution in [0.25, 0.3) is 0 Å². The van der Waals surface area contributed by atoms with Crippen LogP contribution >= 0.6 is 0 Å². The fraction of sp³-hybridized carbons (Fsp3) is 0.294. The zero-order valence-corrected chi connectivity index (χ0v) is 12.0. The summed E-state index contributed by atoms with van der Waals surface area (Å²) in [5.74, 6) is 1.02. The number of nitrogens with two attached hydrogens (primary N) is 1. The Kier molecular flexibility index (Phi) is 3.71. The van der Waals surface area contributed by atoms with Crippen LogP contribution in [-0.4, -0.2) is 23.9 Å². The predicted octanol–water partition coefficient (Wildman–Crippen LogP) is 1.51. The standard InChI is InChI=1S/C17H19NO3/c1-21-17-9-12-6-7-18-15(14(12)10-16(17)20)8-11-2-4-13(19)5-3-11/h2-5,9-10,15,18-20H,6-8H2,1H3/p+1/t15-/m0/s1. The van der Waals surface area contributed by atoms with Crippen molar-refractivity contribution >= 4 is 0 Å². The average molecular weight is 286 g/mol. The zero-order chi connectivity index (χ0) is 14.8. The first-order chi connectivity index (χ1) is 10.2. The highest BCUT2D eigenvalue weighted by atomic mass is 16.5. The van der Waals surface area contributed by atoms with Crippen LogP contribution in [0.4, 0.5) is 0 Å². The van der Waals surface area contributed by atoms with E-state index < -0.39 is 0 Å². The minimum absolute atomic E-state index is 0.197. The number of rotatable bonds is 3. The van der Waals surface area contributed by atoms with Gasteiger partial charge in [0.1, 0.15) is 11.8 Å². The van der Waals surface area contributed by atoms with Gasteiger partial charge in [-0.3, -0.25) is 0 Å². The minimum Gasteiger partial charge on any atom is -0.508 e. The second kappa shape index (κ2) is 5.66. The van der Waals surface area contributed by atoms with Crippen molar-refractivity contribution in [1.82, 2.24) is 0 Å². The molecule has 0 saturated carbocycles. The monoisotopic (exact) mass is 286 g/mol. The molecule has 1 atom stereocenters. The number of hydrogen-bond acceptors (Lipinski definition) is 3. The van der Waals surface area contributed by atoms with Crippen LogP contribution in [0, 0.1) is 0 Å². The number of fused-ring (bicyclic) bond motifs is 1. The topological polar surface area (TPSA) is 66.3 Å². The van der Waals surface area contributed by atoms with Gasteiger partial charge >= 0.3 is 0 Å². The van der Waals surface area contributed by atoms with Crippen molar-refractivity contribution in [3.63, 3.8) is 0 Å². The molecule has 0 aliphatic carbocycles. The maximum atomic E-state index is 10.0. The molecule has 0 unspecified atom stereocenters. The second-order valence-corrected chi connectivity index (χ2v) is 5.47. The van der Waals surface area contributed by atoms with E-state index >= 15 is 0 Å². The summed E-state index contributed by atoms with van der Waals surface area (Å²) >= 11 is 0. The van der Waals surface area contributed by atoms with Gasteiger partial charge in [-0.1, -0.05) is 12.1 Å². The maximum Gasteiger partial charge on any atom is 0.160 e. The zero-order valence-electron chi connectivity index (χ0n) is 12.0. The minimum atomic E-state index is 0.197. The summed E-state index contributed by atoms with van der Waals surface area (Å²) < 4.78 is 5.19. The largest absolute Gasteiger partial charge is 0.508 e. The summed E-state index contributed by atoms with van der Waals surface area (Å²) in [6, 6.07) is 11.4. The van der Waals surface area contributed by atoms with Gasteiger partial charge in [0.25, 0.3) is 0 Å². The number of benzene rings is 2. The Balaban J connectivity index is 1.89. The maximum absolute atomic E-state index is 10.0. The molecule has 4 heteroatoms. The predicted molar refractivity (Wildman–Crippen MR) is 79.7 cm³/mol. The summed E-state index contributed by atoms with van der Waals surface area (Å²) in [6.45, 7) is 1.03. The number of aromatic hydroxyl groups is 2. The van der Waals surface area contributed by atoms with Gasteiger partial charge in [-0.15, -0.1) is 0 Å². The Bertz CT molecular complexity index is 637. The lowest BCUT2D eigenvalue weighted by Crippen LogP contribution is -2.87. The molecular formula is C17H20NO3+. The van der Waals surface area contributed by atoms with Crippen molar-refractivity contribution in [3.05, 3.63) is 53.1 Å². The Morgan fingerprint density at radius 3 is 2.67 bits per heavy atom. The third kappa shape index (κ3) is 2.81. The third-order valence-corrected chi connectivity index (χ3v) is 4.10. The quantitative estimate of drug-likeness (QED) is 0.801. The molecule has 4 N–H and O–H groups in total. The number of methoxy groups -OCH3 is 1. The van der Waals surface area contributed by atoms with E-state index in [1.165, 1.54) is 16.7 Å². The fourth-order valence-corrected chi connectivity index (χ4v) is 3.00. The third-order valence-electron chi connectivity index (χ3n) is 4.10. The van der Waals surface area contributed by atoms with Gasteiger partial charge in [-0.2, -0.15) is 0 Å². The van der Waals surface area contributed by atoms with E-state index in [4.69, 9.17) is 4.74 Å². The molecule has 0 radical (unpaired) electrons. The van der Waals surface area contributed by atoms with Crippen LogP contribution in [0.5, 0.6) is 17.2 Å². The van der Waals surface area contributed by atoms with Crippen molar-refractivity contribution in [2.24, 2.45) is 0 Å². The first-order valence-corrected chi connectivity index (χ1v) is 7.18. The Labute approximate surface area is 124 Å². The van der Waals surface area contributed by atoms with Gasteiger partial charge in [0.05, 0.1) is 13.7 Å². The van der Waals surface area contributed by atoms with Crippen LogP contribution in [0.3, 0.4) is 0 Å². The molecule has 4 nitrogen and oxygen atoms in total. The van der Waals surface area contributed by atoms with Crippen molar-refractivity contribution in [1.29, 1.82) is 0 Å². The van der Waals surface area contributed by atoms with E-state index in [9.17, 15) is 10.2 Å². The van der Waals surface area contributed by atoms with Crippen LogP contribution in [-0.2, 0) is 12.8 Å². The smallest absolute Gasteiger partial charge is 0.160 e. The molecule has 2 aromatic rings. The van der Waals surface area contributed by atoms with Gasteiger partial charge < -0.3 is 20.3 Å². The molecule has 0 fully saturated rings. The second-order valence-electron chi connectivity index (χ2n) is 5.47. The Morgan fingerprint density at radius 2 is 1.95 bits per heavy atom. The van der Waals surface area contributed by atoms with Crippen LogP contribution in [0.2, 0.25) is 0 Å². The molecule has 0 amide bonds. The molecule has 110 valence electrons. The van der Waals surface area contributed by atoms with Crippen molar-refractivity contribution in [2.75, 3.05) is 13.7 Å². The van der Waals surface area contributed by atoms with Crippen LogP contribution in [0.1, 0.15) is 22.7 Å². The first-order valence-electron chi connectivity index (χ1n) is 7.18. The molecule has 0 bridgehead atoms. The molecule has 21 heavy (non-hydrogen) atoms. The lowest BCUT2D eigenvalue weighted by atomic mass is 9.90. The number of ether oxygens (including phenoxy) is 1. The molecule has 1 heterocycles. The molecule has 0 aromatic heterocycles. The summed E-state index contributed by atoms with van der Waals surface area (Å²) in [6.07, 6.45) is 1.86. The fourth-order valence-electron chi connectivity index (χ4n) is 3.00. The van der Waals surface area contributed by atoms with E-state index in [0.717, 1.165) is 19.4 Å². The highest BCUT2D eigenvalue weighted by Gasteiger charge is 2.25. The molecule has 2 aromatic carbocycles. The lowest BCUT2D eigenvalue weighted by molar-refractivity contribution is -0.698. The van der Waals surface area contributed by atoms with E-state index in [1.807, 2.05) is 24.3 Å². The van der Waals surface area contributed by atoms with Gasteiger partial charge in [0.15, 0.2) is 11.5 Å².